The van der Waals surface area contributed by atoms with Crippen LogP contribution in [0.25, 0.3) is 0 Å². The zero-order valence-corrected chi connectivity index (χ0v) is 14.2. The molecule has 1 fully saturated rings. The molecule has 0 aromatic carbocycles. The molecule has 0 aliphatic carbocycles. The van der Waals surface area contributed by atoms with Gasteiger partial charge in [0.25, 0.3) is 0 Å². The summed E-state index contributed by atoms with van der Waals surface area (Å²) < 4.78 is 42.6. The molecule has 0 bridgehead atoms. The second-order valence-electron chi connectivity index (χ2n) is 7.03. The van der Waals surface area contributed by atoms with E-state index < -0.39 is 29.6 Å². The smallest absolute Gasteiger partial charge is 0.430 e. The molecule has 5 nitrogen and oxygen atoms in total. The van der Waals surface area contributed by atoms with E-state index in [4.69, 9.17) is 10.5 Å². The third-order valence-electron chi connectivity index (χ3n) is 3.58. The van der Waals surface area contributed by atoms with Crippen LogP contribution in [0.3, 0.4) is 0 Å². The van der Waals surface area contributed by atoms with Crippen LogP contribution in [0.2, 0.25) is 0 Å². The molecule has 1 rings (SSSR count). The summed E-state index contributed by atoms with van der Waals surface area (Å²) in [7, 11) is 0. The molecule has 1 heterocycles. The standard InChI is InChI=1S/C16H25F3N2O3/c1-10(6-13(20)16(17,18)19)5-11-7-12(9-22)21(8-11)14(23)24-15(2,3)4/h6,11-12,22H,1,5,7-9,20H2,2-4H3/b13-6-. The van der Waals surface area contributed by atoms with Gasteiger partial charge in [-0.25, -0.2) is 4.79 Å². The first-order valence-electron chi connectivity index (χ1n) is 7.66. The van der Waals surface area contributed by atoms with Gasteiger partial charge in [0.15, 0.2) is 0 Å². The van der Waals surface area contributed by atoms with Crippen LogP contribution in [-0.4, -0.2) is 47.1 Å². The van der Waals surface area contributed by atoms with Crippen LogP contribution in [0.1, 0.15) is 33.6 Å². The molecule has 1 aliphatic rings. The largest absolute Gasteiger partial charge is 0.444 e. The number of amides is 1. The Kier molecular flexibility index (Phi) is 6.32. The SMILES string of the molecule is C=C(/C=C(\N)C(F)(F)F)CC1CC(CO)N(C(=O)OC(C)(C)C)C1. The van der Waals surface area contributed by atoms with Crippen molar-refractivity contribution < 1.29 is 27.8 Å². The van der Waals surface area contributed by atoms with Crippen molar-refractivity contribution >= 4 is 6.09 Å². The lowest BCUT2D eigenvalue weighted by Crippen LogP contribution is -2.41. The molecule has 2 unspecified atom stereocenters. The number of carbonyl (C=O) groups excluding carboxylic acids is 1. The summed E-state index contributed by atoms with van der Waals surface area (Å²) in [5.74, 6) is -0.112. The van der Waals surface area contributed by atoms with E-state index in [1.54, 1.807) is 20.8 Å². The van der Waals surface area contributed by atoms with E-state index in [0.717, 1.165) is 6.08 Å². The third kappa shape index (κ3) is 6.07. The predicted molar refractivity (Wildman–Crippen MR) is 84.0 cm³/mol. The van der Waals surface area contributed by atoms with Gasteiger partial charge in [0.1, 0.15) is 11.3 Å². The fourth-order valence-electron chi connectivity index (χ4n) is 2.61. The van der Waals surface area contributed by atoms with Gasteiger partial charge >= 0.3 is 12.3 Å². The van der Waals surface area contributed by atoms with E-state index in [1.165, 1.54) is 4.90 Å². The number of rotatable bonds is 4. The lowest BCUT2D eigenvalue weighted by molar-refractivity contribution is -0.0927. The topological polar surface area (TPSA) is 75.8 Å². The number of allylic oxidation sites excluding steroid dienone is 3. The number of aliphatic hydroxyl groups is 1. The molecule has 8 heteroatoms. The molecule has 24 heavy (non-hydrogen) atoms. The van der Waals surface area contributed by atoms with Gasteiger partial charge in [-0.3, -0.25) is 0 Å². The van der Waals surface area contributed by atoms with E-state index in [-0.39, 0.29) is 24.5 Å². The third-order valence-corrected chi connectivity index (χ3v) is 3.58. The van der Waals surface area contributed by atoms with Crippen molar-refractivity contribution in [3.05, 3.63) is 23.9 Å². The fourth-order valence-corrected chi connectivity index (χ4v) is 2.61. The number of nitrogens with zero attached hydrogens (tertiary/aromatic N) is 1. The van der Waals surface area contributed by atoms with Crippen molar-refractivity contribution in [3.63, 3.8) is 0 Å². The Balaban J connectivity index is 2.70. The summed E-state index contributed by atoms with van der Waals surface area (Å²) in [6.07, 6.45) is -3.60. The van der Waals surface area contributed by atoms with Gasteiger partial charge in [0.05, 0.1) is 12.6 Å². The summed E-state index contributed by atoms with van der Waals surface area (Å²) >= 11 is 0. The number of nitrogens with two attached hydrogens (primary N) is 1. The highest BCUT2D eigenvalue weighted by molar-refractivity contribution is 5.69. The first-order chi connectivity index (χ1) is 10.8. The number of hydrogen-bond donors (Lipinski definition) is 2. The molecule has 0 radical (unpaired) electrons. The fraction of sp³-hybridized carbons (Fsp3) is 0.688. The Morgan fingerprint density at radius 3 is 2.46 bits per heavy atom. The Morgan fingerprint density at radius 1 is 1.42 bits per heavy atom. The van der Waals surface area contributed by atoms with Crippen molar-refractivity contribution in [1.29, 1.82) is 0 Å². The molecule has 0 aromatic heterocycles. The maximum Gasteiger partial charge on any atom is 0.430 e. The summed E-state index contributed by atoms with van der Waals surface area (Å²) in [4.78, 5) is 13.6. The quantitative estimate of drug-likeness (QED) is 0.765. The summed E-state index contributed by atoms with van der Waals surface area (Å²) in [5.41, 5.74) is 3.34. The average molecular weight is 350 g/mol. The highest BCUT2D eigenvalue weighted by Gasteiger charge is 2.37. The first kappa shape index (κ1) is 20.3. The normalized spacial score (nSPS) is 22.6. The number of hydrogen-bond acceptors (Lipinski definition) is 4. The van der Waals surface area contributed by atoms with Crippen LogP contribution in [-0.2, 0) is 4.74 Å². The highest BCUT2D eigenvalue weighted by Crippen LogP contribution is 2.30. The number of halogens is 3. The lowest BCUT2D eigenvalue weighted by atomic mass is 9.97. The summed E-state index contributed by atoms with van der Waals surface area (Å²) in [6, 6.07) is -0.415. The van der Waals surface area contributed by atoms with Gasteiger partial charge in [0.2, 0.25) is 0 Å². The van der Waals surface area contributed by atoms with Crippen LogP contribution in [0.5, 0.6) is 0 Å². The van der Waals surface area contributed by atoms with Crippen LogP contribution < -0.4 is 5.73 Å². The van der Waals surface area contributed by atoms with Crippen molar-refractivity contribution in [3.8, 4) is 0 Å². The van der Waals surface area contributed by atoms with E-state index >= 15 is 0 Å². The molecule has 0 saturated carbocycles. The molecule has 138 valence electrons. The predicted octanol–water partition coefficient (Wildman–Crippen LogP) is 2.96. The molecule has 3 N–H and O–H groups in total. The van der Waals surface area contributed by atoms with Gasteiger partial charge in [-0.05, 0) is 45.6 Å². The van der Waals surface area contributed by atoms with Crippen LogP contribution in [0, 0.1) is 5.92 Å². The molecular formula is C16H25F3N2O3. The van der Waals surface area contributed by atoms with Crippen molar-refractivity contribution in [2.45, 2.75) is 51.4 Å². The minimum atomic E-state index is -4.59. The number of ether oxygens (including phenoxy) is 1. The molecule has 2 atom stereocenters. The number of likely N-dealkylation sites (tertiary alicyclic amines) is 1. The van der Waals surface area contributed by atoms with E-state index in [2.05, 4.69) is 6.58 Å². The molecular weight excluding hydrogens is 325 g/mol. The summed E-state index contributed by atoms with van der Waals surface area (Å²) in [5, 5.41) is 9.44. The maximum absolute atomic E-state index is 12.4. The maximum atomic E-state index is 12.4. The minimum Gasteiger partial charge on any atom is -0.444 e. The minimum absolute atomic E-state index is 0.112. The summed E-state index contributed by atoms with van der Waals surface area (Å²) in [6.45, 7) is 8.86. The van der Waals surface area contributed by atoms with Crippen LogP contribution in [0.15, 0.2) is 23.9 Å². The molecule has 0 aromatic rings. The monoisotopic (exact) mass is 350 g/mol. The van der Waals surface area contributed by atoms with Crippen LogP contribution >= 0.6 is 0 Å². The van der Waals surface area contributed by atoms with Crippen molar-refractivity contribution in [2.24, 2.45) is 11.7 Å². The Morgan fingerprint density at radius 2 is 2.00 bits per heavy atom. The first-order valence-corrected chi connectivity index (χ1v) is 7.66. The molecule has 1 amide bonds. The Hall–Kier alpha value is -1.70. The van der Waals surface area contributed by atoms with Crippen molar-refractivity contribution in [1.82, 2.24) is 4.90 Å². The van der Waals surface area contributed by atoms with E-state index in [1.807, 2.05) is 0 Å². The second kappa shape index (κ2) is 7.46. The zero-order valence-electron chi connectivity index (χ0n) is 14.2. The second-order valence-corrected chi connectivity index (χ2v) is 7.03. The molecule has 1 aliphatic heterocycles. The average Bonchev–Trinajstić information content (AvgIpc) is 2.78. The van der Waals surface area contributed by atoms with Gasteiger partial charge in [-0.2, -0.15) is 13.2 Å². The van der Waals surface area contributed by atoms with Gasteiger partial charge in [0, 0.05) is 6.54 Å². The van der Waals surface area contributed by atoms with Gasteiger partial charge < -0.3 is 20.5 Å². The Labute approximate surface area is 139 Å². The molecule has 0 spiro atoms. The van der Waals surface area contributed by atoms with E-state index in [0.29, 0.717) is 13.0 Å². The lowest BCUT2D eigenvalue weighted by Gasteiger charge is -2.27. The van der Waals surface area contributed by atoms with E-state index in [9.17, 15) is 23.1 Å². The molecule has 1 saturated heterocycles. The highest BCUT2D eigenvalue weighted by atomic mass is 19.4. The van der Waals surface area contributed by atoms with Crippen LogP contribution in [0.4, 0.5) is 18.0 Å². The number of alkyl halides is 3. The Bertz CT molecular complexity index is 510. The van der Waals surface area contributed by atoms with Gasteiger partial charge in [-0.1, -0.05) is 12.2 Å². The van der Waals surface area contributed by atoms with Crippen molar-refractivity contribution in [2.75, 3.05) is 13.2 Å². The number of carbonyl (C=O) groups is 1. The zero-order chi connectivity index (χ0) is 18.7. The van der Waals surface area contributed by atoms with Gasteiger partial charge in [-0.15, -0.1) is 0 Å². The number of aliphatic hydroxyl groups excluding tert-OH is 1.